The molecule has 5 nitrogen and oxygen atoms in total. The third-order valence-corrected chi connectivity index (χ3v) is 5.02. The molecule has 0 radical (unpaired) electrons. The van der Waals surface area contributed by atoms with E-state index in [1.807, 2.05) is 48.5 Å². The topological polar surface area (TPSA) is 59.9 Å². The van der Waals surface area contributed by atoms with Crippen LogP contribution in [0.5, 0.6) is 5.75 Å². The van der Waals surface area contributed by atoms with Crippen LogP contribution in [0.4, 0.5) is 5.82 Å². The second-order valence-corrected chi connectivity index (χ2v) is 6.71. The normalized spacial score (nSPS) is 10.8. The molecule has 0 unspecified atom stereocenters. The zero-order valence-corrected chi connectivity index (χ0v) is 15.2. The number of nitrogens with one attached hydrogen (secondary N) is 1. The van der Waals surface area contributed by atoms with E-state index >= 15 is 0 Å². The molecular formula is C20H18N4OS. The lowest BCUT2D eigenvalue weighted by Crippen LogP contribution is -2.07. The van der Waals surface area contributed by atoms with Crippen molar-refractivity contribution in [2.45, 2.75) is 6.42 Å². The Kier molecular flexibility index (Phi) is 4.75. The van der Waals surface area contributed by atoms with E-state index in [9.17, 15) is 0 Å². The van der Waals surface area contributed by atoms with Crippen molar-refractivity contribution in [1.82, 2.24) is 15.0 Å². The molecular weight excluding hydrogens is 344 g/mol. The number of thiazole rings is 1. The average Bonchev–Trinajstić information content (AvgIpc) is 3.17. The molecule has 2 aromatic heterocycles. The minimum absolute atomic E-state index is 0.774. The fourth-order valence-corrected chi connectivity index (χ4v) is 3.56. The van der Waals surface area contributed by atoms with E-state index < -0.39 is 0 Å². The van der Waals surface area contributed by atoms with Gasteiger partial charge in [-0.15, -0.1) is 11.3 Å². The average molecular weight is 362 g/mol. The van der Waals surface area contributed by atoms with Crippen LogP contribution in [0, 0.1) is 0 Å². The van der Waals surface area contributed by atoms with E-state index in [0.717, 1.165) is 51.7 Å². The number of fused-ring (bicyclic) bond motifs is 1. The van der Waals surface area contributed by atoms with Crippen molar-refractivity contribution in [2.75, 3.05) is 19.0 Å². The predicted octanol–water partition coefficient (Wildman–Crippen LogP) is 4.42. The Balaban J connectivity index is 1.41. The zero-order valence-electron chi connectivity index (χ0n) is 14.3. The van der Waals surface area contributed by atoms with E-state index in [2.05, 4.69) is 20.7 Å². The summed E-state index contributed by atoms with van der Waals surface area (Å²) in [6, 6.07) is 16.0. The molecule has 0 aliphatic heterocycles. The van der Waals surface area contributed by atoms with Crippen molar-refractivity contribution < 1.29 is 4.74 Å². The SMILES string of the molecule is COc1ccc(-c2csc(CCNc3ncnc4ccccc34)n2)cc1. The highest BCUT2D eigenvalue weighted by Gasteiger charge is 2.06. The number of aromatic nitrogens is 3. The number of nitrogens with zero attached hydrogens (tertiary/aromatic N) is 3. The van der Waals surface area contributed by atoms with Gasteiger partial charge in [0.25, 0.3) is 0 Å². The van der Waals surface area contributed by atoms with Gasteiger partial charge in [0.1, 0.15) is 17.9 Å². The van der Waals surface area contributed by atoms with Crippen LogP contribution < -0.4 is 10.1 Å². The second kappa shape index (κ2) is 7.49. The number of hydrogen-bond acceptors (Lipinski definition) is 6. The summed E-state index contributed by atoms with van der Waals surface area (Å²) in [4.78, 5) is 13.4. The van der Waals surface area contributed by atoms with Crippen molar-refractivity contribution in [2.24, 2.45) is 0 Å². The fraction of sp³-hybridized carbons (Fsp3) is 0.150. The van der Waals surface area contributed by atoms with E-state index in [1.54, 1.807) is 24.8 Å². The number of para-hydroxylation sites is 1. The maximum Gasteiger partial charge on any atom is 0.137 e. The molecule has 0 aliphatic rings. The van der Waals surface area contributed by atoms with Gasteiger partial charge >= 0.3 is 0 Å². The highest BCUT2D eigenvalue weighted by molar-refractivity contribution is 7.09. The molecule has 0 fully saturated rings. The summed E-state index contributed by atoms with van der Waals surface area (Å²) in [7, 11) is 1.67. The Labute approximate surface area is 155 Å². The third kappa shape index (κ3) is 3.50. The van der Waals surface area contributed by atoms with Gasteiger partial charge < -0.3 is 10.1 Å². The van der Waals surface area contributed by atoms with Gasteiger partial charge in [-0.3, -0.25) is 0 Å². The Morgan fingerprint density at radius 3 is 2.73 bits per heavy atom. The molecule has 6 heteroatoms. The maximum atomic E-state index is 5.20. The van der Waals surface area contributed by atoms with Crippen LogP contribution in [-0.4, -0.2) is 28.6 Å². The van der Waals surface area contributed by atoms with Crippen molar-refractivity contribution in [1.29, 1.82) is 0 Å². The van der Waals surface area contributed by atoms with Gasteiger partial charge in [0.05, 0.1) is 23.3 Å². The van der Waals surface area contributed by atoms with Crippen LogP contribution >= 0.6 is 11.3 Å². The molecule has 0 saturated carbocycles. The molecule has 2 heterocycles. The van der Waals surface area contributed by atoms with Crippen LogP contribution in [-0.2, 0) is 6.42 Å². The Hall–Kier alpha value is -2.99. The Morgan fingerprint density at radius 2 is 1.88 bits per heavy atom. The molecule has 26 heavy (non-hydrogen) atoms. The van der Waals surface area contributed by atoms with Crippen molar-refractivity contribution >= 4 is 28.1 Å². The molecule has 4 rings (SSSR count). The minimum Gasteiger partial charge on any atom is -0.497 e. The van der Waals surface area contributed by atoms with Crippen LogP contribution in [0.1, 0.15) is 5.01 Å². The van der Waals surface area contributed by atoms with Gasteiger partial charge in [-0.1, -0.05) is 12.1 Å². The standard InChI is InChI=1S/C20H18N4OS/c1-25-15-8-6-14(7-9-15)18-12-26-19(24-18)10-11-21-20-16-4-2-3-5-17(16)22-13-23-20/h2-9,12-13H,10-11H2,1H3,(H,21,22,23). The van der Waals surface area contributed by atoms with Gasteiger partial charge in [-0.25, -0.2) is 15.0 Å². The summed E-state index contributed by atoms with van der Waals surface area (Å²) in [6.07, 6.45) is 2.44. The number of ether oxygens (including phenoxy) is 1. The number of hydrogen-bond donors (Lipinski definition) is 1. The van der Waals surface area contributed by atoms with Crippen LogP contribution in [0.15, 0.2) is 60.2 Å². The molecule has 0 atom stereocenters. The summed E-state index contributed by atoms with van der Waals surface area (Å²) in [5.74, 6) is 1.72. The highest BCUT2D eigenvalue weighted by atomic mass is 32.1. The van der Waals surface area contributed by atoms with E-state index in [1.165, 1.54) is 0 Å². The van der Waals surface area contributed by atoms with Crippen LogP contribution in [0.2, 0.25) is 0 Å². The van der Waals surface area contributed by atoms with E-state index in [0.29, 0.717) is 0 Å². The quantitative estimate of drug-likeness (QED) is 0.550. The van der Waals surface area contributed by atoms with Crippen molar-refractivity contribution in [3.8, 4) is 17.0 Å². The number of anilines is 1. The Morgan fingerprint density at radius 1 is 1.04 bits per heavy atom. The highest BCUT2D eigenvalue weighted by Crippen LogP contribution is 2.24. The number of benzene rings is 2. The fourth-order valence-electron chi connectivity index (χ4n) is 2.75. The summed E-state index contributed by atoms with van der Waals surface area (Å²) in [5, 5.41) is 7.63. The molecule has 2 aromatic carbocycles. The number of rotatable bonds is 6. The van der Waals surface area contributed by atoms with E-state index in [4.69, 9.17) is 9.72 Å². The largest absolute Gasteiger partial charge is 0.497 e. The van der Waals surface area contributed by atoms with E-state index in [-0.39, 0.29) is 0 Å². The minimum atomic E-state index is 0.774. The molecule has 0 saturated heterocycles. The van der Waals surface area contributed by atoms with Gasteiger partial charge in [0.15, 0.2) is 0 Å². The lowest BCUT2D eigenvalue weighted by atomic mass is 10.2. The molecule has 0 bridgehead atoms. The molecule has 1 N–H and O–H groups in total. The second-order valence-electron chi connectivity index (χ2n) is 5.77. The van der Waals surface area contributed by atoms with Crippen LogP contribution in [0.3, 0.4) is 0 Å². The molecule has 0 spiro atoms. The first-order valence-electron chi connectivity index (χ1n) is 8.36. The summed E-state index contributed by atoms with van der Waals surface area (Å²) in [6.45, 7) is 0.774. The molecule has 0 amide bonds. The number of methoxy groups -OCH3 is 1. The summed E-state index contributed by atoms with van der Waals surface area (Å²) in [5.41, 5.74) is 3.05. The van der Waals surface area contributed by atoms with Gasteiger partial charge in [-0.05, 0) is 36.4 Å². The third-order valence-electron chi connectivity index (χ3n) is 4.11. The lowest BCUT2D eigenvalue weighted by Gasteiger charge is -2.07. The Bertz CT molecular complexity index is 1010. The smallest absolute Gasteiger partial charge is 0.137 e. The molecule has 4 aromatic rings. The van der Waals surface area contributed by atoms with Gasteiger partial charge in [0, 0.05) is 29.3 Å². The predicted molar refractivity (Wildman–Crippen MR) is 106 cm³/mol. The van der Waals surface area contributed by atoms with Crippen LogP contribution in [0.25, 0.3) is 22.2 Å². The molecule has 130 valence electrons. The maximum absolute atomic E-state index is 5.20. The summed E-state index contributed by atoms with van der Waals surface area (Å²) < 4.78 is 5.20. The molecule has 0 aliphatic carbocycles. The summed E-state index contributed by atoms with van der Waals surface area (Å²) >= 11 is 1.68. The van der Waals surface area contributed by atoms with Gasteiger partial charge in [-0.2, -0.15) is 0 Å². The first kappa shape index (κ1) is 16.5. The van der Waals surface area contributed by atoms with Crippen molar-refractivity contribution in [3.05, 3.63) is 65.2 Å². The lowest BCUT2D eigenvalue weighted by molar-refractivity contribution is 0.415. The first-order valence-corrected chi connectivity index (χ1v) is 9.24. The first-order chi connectivity index (χ1) is 12.8. The van der Waals surface area contributed by atoms with Crippen molar-refractivity contribution in [3.63, 3.8) is 0 Å². The van der Waals surface area contributed by atoms with Gasteiger partial charge in [0.2, 0.25) is 0 Å². The zero-order chi connectivity index (χ0) is 17.8. The monoisotopic (exact) mass is 362 g/mol.